The molecule has 0 N–H and O–H groups in total. The lowest BCUT2D eigenvalue weighted by Crippen LogP contribution is -2.47. The second-order valence-corrected chi connectivity index (χ2v) is 8.27. The summed E-state index contributed by atoms with van der Waals surface area (Å²) in [6, 6.07) is 0. The minimum Gasteiger partial charge on any atom is -0.336 e. The van der Waals surface area contributed by atoms with Gasteiger partial charge in [-0.05, 0) is 13.8 Å². The van der Waals surface area contributed by atoms with Gasteiger partial charge in [0.15, 0.2) is 20.8 Å². The van der Waals surface area contributed by atoms with Crippen molar-refractivity contribution in [2.24, 2.45) is 0 Å². The Hall–Kier alpha value is -0.530. The van der Waals surface area contributed by atoms with Crippen LogP contribution in [-0.4, -0.2) is 48.1 Å². The maximum absolute atomic E-state index is 11.9. The topological polar surface area (TPSA) is 63.2 Å². The summed E-state index contributed by atoms with van der Waals surface area (Å²) in [5.74, 6) is 1.86. The predicted molar refractivity (Wildman–Crippen MR) is 79.8 cm³/mol. The summed E-state index contributed by atoms with van der Waals surface area (Å²) in [6.07, 6.45) is 1.25. The van der Waals surface area contributed by atoms with Crippen LogP contribution >= 0.6 is 23.4 Å². The standard InChI is InChI=1S/C11H16ClN3O2S2/c1-7-8(2)14-11(10(12)13-7)15-4-5-18-6-9(15)19(3,16)17/h9H,4-6H2,1-3H3. The first-order valence-corrected chi connectivity index (χ1v) is 9.33. The lowest BCUT2D eigenvalue weighted by Gasteiger charge is -2.35. The average Bonchev–Trinajstić information content (AvgIpc) is 2.33. The minimum atomic E-state index is -3.18. The fourth-order valence-corrected chi connectivity index (χ4v) is 5.02. The number of rotatable bonds is 2. The molecule has 1 fully saturated rings. The Morgan fingerprint density at radius 1 is 1.32 bits per heavy atom. The van der Waals surface area contributed by atoms with Gasteiger partial charge >= 0.3 is 0 Å². The highest BCUT2D eigenvalue weighted by Crippen LogP contribution is 2.30. The van der Waals surface area contributed by atoms with E-state index in [9.17, 15) is 8.42 Å². The Labute approximate surface area is 122 Å². The molecule has 0 saturated carbocycles. The number of thioether (sulfide) groups is 1. The van der Waals surface area contributed by atoms with Crippen LogP contribution in [0.15, 0.2) is 0 Å². The molecule has 1 aliphatic rings. The number of hydrogen-bond acceptors (Lipinski definition) is 6. The number of halogens is 1. The molecular weight excluding hydrogens is 306 g/mol. The van der Waals surface area contributed by atoms with Crippen LogP contribution in [0.3, 0.4) is 0 Å². The fraction of sp³-hybridized carbons (Fsp3) is 0.636. The third-order valence-corrected chi connectivity index (χ3v) is 6.00. The average molecular weight is 322 g/mol. The summed E-state index contributed by atoms with van der Waals surface area (Å²) >= 11 is 7.76. The van der Waals surface area contributed by atoms with Crippen LogP contribution in [0, 0.1) is 13.8 Å². The fourth-order valence-electron chi connectivity index (χ4n) is 1.92. The van der Waals surface area contributed by atoms with Crippen molar-refractivity contribution in [3.8, 4) is 0 Å². The molecule has 1 unspecified atom stereocenters. The van der Waals surface area contributed by atoms with Crippen molar-refractivity contribution >= 4 is 39.0 Å². The Kier molecular flexibility index (Phi) is 4.27. The van der Waals surface area contributed by atoms with Crippen molar-refractivity contribution < 1.29 is 8.42 Å². The molecule has 2 heterocycles. The molecule has 106 valence electrons. The summed E-state index contributed by atoms with van der Waals surface area (Å²) in [5.41, 5.74) is 1.53. The van der Waals surface area contributed by atoms with Crippen LogP contribution in [-0.2, 0) is 9.84 Å². The number of aryl methyl sites for hydroxylation is 2. The molecule has 0 spiro atoms. The number of aromatic nitrogens is 2. The highest BCUT2D eigenvalue weighted by molar-refractivity contribution is 8.01. The summed E-state index contributed by atoms with van der Waals surface area (Å²) in [5, 5.41) is -0.316. The van der Waals surface area contributed by atoms with Gasteiger partial charge in [-0.3, -0.25) is 0 Å². The first kappa shape index (κ1) is 14.9. The zero-order chi connectivity index (χ0) is 14.2. The van der Waals surface area contributed by atoms with E-state index in [1.54, 1.807) is 16.7 Å². The number of nitrogens with zero attached hydrogens (tertiary/aromatic N) is 3. The monoisotopic (exact) mass is 321 g/mol. The lowest BCUT2D eigenvalue weighted by atomic mass is 10.3. The summed E-state index contributed by atoms with van der Waals surface area (Å²) < 4.78 is 23.8. The summed E-state index contributed by atoms with van der Waals surface area (Å²) in [6.45, 7) is 4.29. The van der Waals surface area contributed by atoms with Crippen LogP contribution in [0.2, 0.25) is 5.15 Å². The molecule has 0 radical (unpaired) electrons. The lowest BCUT2D eigenvalue weighted by molar-refractivity contribution is 0.583. The van der Waals surface area contributed by atoms with Gasteiger partial charge < -0.3 is 4.90 Å². The van der Waals surface area contributed by atoms with E-state index in [2.05, 4.69) is 9.97 Å². The van der Waals surface area contributed by atoms with Crippen LogP contribution < -0.4 is 4.90 Å². The van der Waals surface area contributed by atoms with Crippen LogP contribution in [0.5, 0.6) is 0 Å². The van der Waals surface area contributed by atoms with Gasteiger partial charge in [0.1, 0.15) is 5.37 Å². The first-order valence-electron chi connectivity index (χ1n) is 5.84. The zero-order valence-corrected chi connectivity index (χ0v) is 13.4. The Morgan fingerprint density at radius 3 is 2.58 bits per heavy atom. The molecule has 5 nitrogen and oxygen atoms in total. The Balaban J connectivity index is 2.46. The van der Waals surface area contributed by atoms with Crippen LogP contribution in [0.4, 0.5) is 5.82 Å². The van der Waals surface area contributed by atoms with Gasteiger partial charge in [-0.15, -0.1) is 0 Å². The molecule has 1 aromatic heterocycles. The van der Waals surface area contributed by atoms with E-state index >= 15 is 0 Å². The van der Waals surface area contributed by atoms with Crippen LogP contribution in [0.1, 0.15) is 11.4 Å². The molecule has 1 aromatic rings. The van der Waals surface area contributed by atoms with E-state index in [0.717, 1.165) is 17.1 Å². The van der Waals surface area contributed by atoms with Gasteiger partial charge in [-0.2, -0.15) is 11.8 Å². The third-order valence-electron chi connectivity index (χ3n) is 3.10. The van der Waals surface area contributed by atoms with Crippen molar-refractivity contribution in [1.82, 2.24) is 9.97 Å². The van der Waals surface area contributed by atoms with Gasteiger partial charge in [-0.1, -0.05) is 11.6 Å². The van der Waals surface area contributed by atoms with Gasteiger partial charge in [0.05, 0.1) is 11.4 Å². The van der Waals surface area contributed by atoms with E-state index in [1.165, 1.54) is 6.26 Å². The van der Waals surface area contributed by atoms with E-state index in [-0.39, 0.29) is 5.15 Å². The van der Waals surface area contributed by atoms with Gasteiger partial charge in [0.2, 0.25) is 0 Å². The van der Waals surface area contributed by atoms with Gasteiger partial charge in [0.25, 0.3) is 0 Å². The van der Waals surface area contributed by atoms with Crippen molar-refractivity contribution in [1.29, 1.82) is 0 Å². The normalized spacial score (nSPS) is 20.6. The Morgan fingerprint density at radius 2 is 1.95 bits per heavy atom. The maximum Gasteiger partial charge on any atom is 0.171 e. The molecule has 0 aliphatic carbocycles. The smallest absolute Gasteiger partial charge is 0.171 e. The molecule has 0 aromatic carbocycles. The minimum absolute atomic E-state index is 0.267. The SMILES string of the molecule is Cc1nc(Cl)c(N2CCSCC2S(C)(=O)=O)nc1C. The maximum atomic E-state index is 11.9. The molecule has 19 heavy (non-hydrogen) atoms. The predicted octanol–water partition coefficient (Wildman–Crippen LogP) is 1.67. The number of hydrogen-bond donors (Lipinski definition) is 0. The molecule has 0 amide bonds. The zero-order valence-electron chi connectivity index (χ0n) is 11.1. The largest absolute Gasteiger partial charge is 0.336 e. The molecule has 1 aliphatic heterocycles. The quantitative estimate of drug-likeness (QED) is 0.825. The van der Waals surface area contributed by atoms with E-state index in [0.29, 0.717) is 18.1 Å². The third kappa shape index (κ3) is 3.14. The van der Waals surface area contributed by atoms with Crippen molar-refractivity contribution in [3.63, 3.8) is 0 Å². The Bertz CT molecular complexity index is 592. The first-order chi connectivity index (χ1) is 8.80. The number of sulfone groups is 1. The van der Waals surface area contributed by atoms with Crippen molar-refractivity contribution in [3.05, 3.63) is 16.5 Å². The molecule has 2 rings (SSSR count). The molecular formula is C11H16ClN3O2S2. The highest BCUT2D eigenvalue weighted by atomic mass is 35.5. The number of anilines is 1. The molecule has 8 heteroatoms. The summed E-state index contributed by atoms with van der Waals surface area (Å²) in [7, 11) is -3.18. The van der Waals surface area contributed by atoms with Crippen molar-refractivity contribution in [2.45, 2.75) is 19.2 Å². The van der Waals surface area contributed by atoms with Crippen LogP contribution in [0.25, 0.3) is 0 Å². The molecule has 1 atom stereocenters. The van der Waals surface area contributed by atoms with Gasteiger partial charge in [0, 0.05) is 24.3 Å². The molecule has 0 bridgehead atoms. The second kappa shape index (κ2) is 5.46. The molecule has 1 saturated heterocycles. The van der Waals surface area contributed by atoms with Gasteiger partial charge in [-0.25, -0.2) is 18.4 Å². The van der Waals surface area contributed by atoms with E-state index in [1.807, 2.05) is 13.8 Å². The van der Waals surface area contributed by atoms with E-state index in [4.69, 9.17) is 11.6 Å². The van der Waals surface area contributed by atoms with E-state index < -0.39 is 15.2 Å². The van der Waals surface area contributed by atoms with Crippen molar-refractivity contribution in [2.75, 3.05) is 29.2 Å². The highest BCUT2D eigenvalue weighted by Gasteiger charge is 2.33. The second-order valence-electron chi connectivity index (χ2n) is 4.56. The summed E-state index contributed by atoms with van der Waals surface area (Å²) in [4.78, 5) is 10.4.